The minimum Gasteiger partial charge on any atom is -0.484 e. The van der Waals surface area contributed by atoms with E-state index in [-0.39, 0.29) is 13.2 Å². The summed E-state index contributed by atoms with van der Waals surface area (Å²) in [7, 11) is 0. The summed E-state index contributed by atoms with van der Waals surface area (Å²) in [5.74, 6) is -1.30. The Balaban J connectivity index is 2.31. The Morgan fingerprint density at radius 2 is 1.95 bits per heavy atom. The molecule has 0 heterocycles. The van der Waals surface area contributed by atoms with Crippen LogP contribution in [0.25, 0.3) is 0 Å². The minimum absolute atomic E-state index is 0.224. The highest BCUT2D eigenvalue weighted by atomic mass is 16.5. The Morgan fingerprint density at radius 1 is 1.32 bits per heavy atom. The van der Waals surface area contributed by atoms with Crippen molar-refractivity contribution >= 4 is 11.9 Å². The maximum atomic E-state index is 11.3. The molecule has 0 saturated carbocycles. The topological polar surface area (TPSA) is 95.9 Å². The van der Waals surface area contributed by atoms with E-state index >= 15 is 0 Å². The van der Waals surface area contributed by atoms with Crippen molar-refractivity contribution in [3.05, 3.63) is 29.8 Å². The van der Waals surface area contributed by atoms with Gasteiger partial charge in [0, 0.05) is 0 Å². The smallest absolute Gasteiger partial charge is 0.334 e. The molecular formula is C13H17NO5. The van der Waals surface area contributed by atoms with Gasteiger partial charge in [0.25, 0.3) is 5.91 Å². The molecule has 0 aliphatic heterocycles. The molecule has 1 aromatic carbocycles. The molecule has 0 aliphatic rings. The fraction of sp³-hybridized carbons (Fsp3) is 0.385. The number of carboxylic acid groups (broad SMARTS) is 1. The molecule has 1 atom stereocenters. The van der Waals surface area contributed by atoms with Crippen LogP contribution in [-0.4, -0.2) is 41.3 Å². The van der Waals surface area contributed by atoms with Gasteiger partial charge in [0.15, 0.2) is 12.7 Å². The number of nitrogens with one attached hydrogen (secondary N) is 1. The number of benzene rings is 1. The number of carbonyl (C=O) groups is 2. The van der Waals surface area contributed by atoms with E-state index in [1.807, 2.05) is 19.1 Å². The number of aliphatic hydroxyl groups is 1. The average Bonchev–Trinajstić information content (AvgIpc) is 2.42. The zero-order chi connectivity index (χ0) is 14.3. The molecule has 6 heteroatoms. The summed E-state index contributed by atoms with van der Waals surface area (Å²) in [4.78, 5) is 21.6. The fourth-order valence-corrected chi connectivity index (χ4v) is 1.32. The highest BCUT2D eigenvalue weighted by Crippen LogP contribution is 2.12. The van der Waals surface area contributed by atoms with Crippen molar-refractivity contribution in [1.29, 1.82) is 0 Å². The van der Waals surface area contributed by atoms with Gasteiger partial charge >= 0.3 is 5.97 Å². The number of amides is 1. The van der Waals surface area contributed by atoms with Crippen molar-refractivity contribution < 1.29 is 24.5 Å². The van der Waals surface area contributed by atoms with Crippen molar-refractivity contribution in [2.45, 2.75) is 19.4 Å². The van der Waals surface area contributed by atoms with Crippen molar-refractivity contribution in [2.24, 2.45) is 0 Å². The van der Waals surface area contributed by atoms with Gasteiger partial charge < -0.3 is 20.3 Å². The average molecular weight is 267 g/mol. The molecular weight excluding hydrogens is 250 g/mol. The van der Waals surface area contributed by atoms with Crippen molar-refractivity contribution in [3.8, 4) is 5.75 Å². The molecule has 1 amide bonds. The van der Waals surface area contributed by atoms with Gasteiger partial charge in [0.2, 0.25) is 0 Å². The van der Waals surface area contributed by atoms with Gasteiger partial charge in [-0.05, 0) is 24.1 Å². The Kier molecular flexibility index (Phi) is 5.81. The van der Waals surface area contributed by atoms with Crippen LogP contribution in [0.2, 0.25) is 0 Å². The van der Waals surface area contributed by atoms with E-state index in [9.17, 15) is 9.59 Å². The van der Waals surface area contributed by atoms with Crippen LogP contribution < -0.4 is 10.1 Å². The summed E-state index contributed by atoms with van der Waals surface area (Å²) in [5, 5.41) is 19.6. The van der Waals surface area contributed by atoms with Crippen LogP contribution in [0, 0.1) is 0 Å². The third-order valence-corrected chi connectivity index (χ3v) is 2.48. The molecule has 3 N–H and O–H groups in total. The van der Waals surface area contributed by atoms with Gasteiger partial charge in [0.1, 0.15) is 5.75 Å². The second kappa shape index (κ2) is 7.38. The van der Waals surface area contributed by atoms with Gasteiger partial charge in [0.05, 0.1) is 6.54 Å². The predicted molar refractivity (Wildman–Crippen MR) is 68.0 cm³/mol. The lowest BCUT2D eigenvalue weighted by atomic mass is 10.2. The number of carbonyl (C=O) groups excluding carboxylic acids is 1. The van der Waals surface area contributed by atoms with E-state index in [0.717, 1.165) is 6.42 Å². The zero-order valence-corrected chi connectivity index (χ0v) is 10.6. The van der Waals surface area contributed by atoms with Crippen LogP contribution in [0.5, 0.6) is 5.75 Å². The van der Waals surface area contributed by atoms with E-state index in [0.29, 0.717) is 5.75 Å². The molecule has 0 spiro atoms. The van der Waals surface area contributed by atoms with Gasteiger partial charge in [-0.25, -0.2) is 4.79 Å². The predicted octanol–water partition coefficient (Wildman–Crippen LogP) is 0.189. The second-order valence-corrected chi connectivity index (χ2v) is 3.94. The normalized spacial score (nSPS) is 11.7. The number of aliphatic hydroxyl groups excluding tert-OH is 1. The molecule has 0 radical (unpaired) electrons. The monoisotopic (exact) mass is 267 g/mol. The van der Waals surface area contributed by atoms with Gasteiger partial charge in [-0.2, -0.15) is 0 Å². The first kappa shape index (κ1) is 15.0. The first-order chi connectivity index (χ1) is 9.02. The number of carboxylic acids is 1. The molecule has 104 valence electrons. The van der Waals surface area contributed by atoms with Crippen molar-refractivity contribution in [1.82, 2.24) is 5.32 Å². The third kappa shape index (κ3) is 5.39. The standard InChI is InChI=1S/C13H17NO5/c1-2-9-3-5-10(6-4-9)19-8-12(16)14-7-11(15)13(17)18/h3-6,11,15H,2,7-8H2,1H3,(H,14,16)(H,17,18)/t11-/m0/s1. The number of aryl methyl sites for hydroxylation is 1. The number of hydrogen-bond donors (Lipinski definition) is 3. The van der Waals surface area contributed by atoms with Crippen LogP contribution in [-0.2, 0) is 16.0 Å². The van der Waals surface area contributed by atoms with Crippen molar-refractivity contribution in [3.63, 3.8) is 0 Å². The molecule has 1 rings (SSSR count). The molecule has 0 aromatic heterocycles. The largest absolute Gasteiger partial charge is 0.484 e. The van der Waals surface area contributed by atoms with E-state index in [2.05, 4.69) is 5.32 Å². The summed E-state index contributed by atoms with van der Waals surface area (Å²) >= 11 is 0. The van der Waals surface area contributed by atoms with E-state index < -0.39 is 18.0 Å². The number of aliphatic carboxylic acids is 1. The maximum Gasteiger partial charge on any atom is 0.334 e. The molecule has 19 heavy (non-hydrogen) atoms. The second-order valence-electron chi connectivity index (χ2n) is 3.94. The Bertz CT molecular complexity index is 429. The van der Waals surface area contributed by atoms with Crippen LogP contribution in [0.15, 0.2) is 24.3 Å². The highest BCUT2D eigenvalue weighted by Gasteiger charge is 2.14. The molecule has 0 bridgehead atoms. The lowest BCUT2D eigenvalue weighted by Crippen LogP contribution is -2.38. The molecule has 0 aliphatic carbocycles. The van der Waals surface area contributed by atoms with Gasteiger partial charge in [-0.1, -0.05) is 19.1 Å². The van der Waals surface area contributed by atoms with Crippen LogP contribution >= 0.6 is 0 Å². The van der Waals surface area contributed by atoms with Crippen molar-refractivity contribution in [2.75, 3.05) is 13.2 Å². The summed E-state index contributed by atoms with van der Waals surface area (Å²) in [5.41, 5.74) is 1.17. The lowest BCUT2D eigenvalue weighted by molar-refractivity contribution is -0.146. The SMILES string of the molecule is CCc1ccc(OCC(=O)NC[C@H](O)C(=O)O)cc1. The molecule has 1 aromatic rings. The fourth-order valence-electron chi connectivity index (χ4n) is 1.32. The summed E-state index contributed by atoms with van der Waals surface area (Å²) < 4.78 is 5.22. The molecule has 0 saturated heterocycles. The van der Waals surface area contributed by atoms with Crippen LogP contribution in [0.1, 0.15) is 12.5 Å². The van der Waals surface area contributed by atoms with Crippen LogP contribution in [0.4, 0.5) is 0 Å². The summed E-state index contributed by atoms with van der Waals surface area (Å²) in [6, 6.07) is 7.33. The number of rotatable bonds is 7. The van der Waals surface area contributed by atoms with E-state index in [4.69, 9.17) is 14.9 Å². The lowest BCUT2D eigenvalue weighted by Gasteiger charge is -2.09. The van der Waals surface area contributed by atoms with E-state index in [1.165, 1.54) is 5.56 Å². The zero-order valence-electron chi connectivity index (χ0n) is 10.6. The van der Waals surface area contributed by atoms with Crippen LogP contribution in [0.3, 0.4) is 0 Å². The van der Waals surface area contributed by atoms with Gasteiger partial charge in [-0.15, -0.1) is 0 Å². The number of ether oxygens (including phenoxy) is 1. The number of hydrogen-bond acceptors (Lipinski definition) is 4. The molecule has 6 nitrogen and oxygen atoms in total. The Hall–Kier alpha value is -2.08. The summed E-state index contributed by atoms with van der Waals surface area (Å²) in [6.07, 6.45) is -0.679. The molecule has 0 fully saturated rings. The third-order valence-electron chi connectivity index (χ3n) is 2.48. The summed E-state index contributed by atoms with van der Waals surface area (Å²) in [6.45, 7) is 1.47. The first-order valence-electron chi connectivity index (χ1n) is 5.92. The Morgan fingerprint density at radius 3 is 2.47 bits per heavy atom. The van der Waals surface area contributed by atoms with E-state index in [1.54, 1.807) is 12.1 Å². The quantitative estimate of drug-likeness (QED) is 0.655. The Labute approximate surface area is 111 Å². The first-order valence-corrected chi connectivity index (χ1v) is 5.92. The van der Waals surface area contributed by atoms with Gasteiger partial charge in [-0.3, -0.25) is 4.79 Å². The maximum absolute atomic E-state index is 11.3. The molecule has 0 unspecified atom stereocenters. The minimum atomic E-state index is -1.60. The highest BCUT2D eigenvalue weighted by molar-refractivity contribution is 5.79.